The van der Waals surface area contributed by atoms with Gasteiger partial charge in [0.1, 0.15) is 0 Å². The third kappa shape index (κ3) is 5.89. The fourth-order valence-corrected chi connectivity index (χ4v) is 1.10. The Balaban J connectivity index is 0.00000196. The molecule has 0 aliphatic heterocycles. The molecular formula is C8H6NNaO4S. The minimum absolute atomic E-state index is 0. The van der Waals surface area contributed by atoms with Crippen LogP contribution in [-0.4, -0.2) is 13.0 Å². The van der Waals surface area contributed by atoms with E-state index in [0.717, 1.165) is 0 Å². The number of rotatable bonds is 3. The molecule has 0 saturated carbocycles. The Labute approximate surface area is 110 Å². The fourth-order valence-electron chi connectivity index (χ4n) is 0.816. The molecule has 0 amide bonds. The Hall–Kier alpha value is -0.420. The van der Waals surface area contributed by atoms with Crippen molar-refractivity contribution < 1.29 is 46.7 Å². The van der Waals surface area contributed by atoms with E-state index in [1.165, 1.54) is 24.3 Å². The van der Waals surface area contributed by atoms with Crippen LogP contribution in [-0.2, 0) is 21.2 Å². The third-order valence-corrected chi connectivity index (χ3v) is 1.86. The van der Waals surface area contributed by atoms with Crippen molar-refractivity contribution in [2.45, 2.75) is 6.61 Å². The van der Waals surface area contributed by atoms with Gasteiger partial charge in [0.05, 0.1) is 18.2 Å². The summed E-state index contributed by atoms with van der Waals surface area (Å²) >= 11 is 0. The van der Waals surface area contributed by atoms with E-state index < -0.39 is 10.4 Å². The maximum atomic E-state index is 10.1. The minimum atomic E-state index is -4.65. The molecule has 0 unspecified atom stereocenters. The van der Waals surface area contributed by atoms with Gasteiger partial charge in [-0.1, -0.05) is 12.1 Å². The van der Waals surface area contributed by atoms with Crippen LogP contribution < -0.4 is 29.6 Å². The van der Waals surface area contributed by atoms with Gasteiger partial charge in [-0.2, -0.15) is 5.26 Å². The summed E-state index contributed by atoms with van der Waals surface area (Å²) in [5, 5.41) is 8.46. The summed E-state index contributed by atoms with van der Waals surface area (Å²) in [7, 11) is -4.65. The van der Waals surface area contributed by atoms with Crippen molar-refractivity contribution in [1.82, 2.24) is 0 Å². The fraction of sp³-hybridized carbons (Fsp3) is 0.125. The van der Waals surface area contributed by atoms with Crippen molar-refractivity contribution in [3.05, 3.63) is 35.4 Å². The van der Waals surface area contributed by atoms with Gasteiger partial charge >= 0.3 is 29.6 Å². The van der Waals surface area contributed by atoms with Gasteiger partial charge in [0.15, 0.2) is 0 Å². The number of hydrogen-bond acceptors (Lipinski definition) is 5. The summed E-state index contributed by atoms with van der Waals surface area (Å²) < 4.78 is 34.3. The molecule has 15 heavy (non-hydrogen) atoms. The van der Waals surface area contributed by atoms with Crippen LogP contribution in [0.5, 0.6) is 0 Å². The van der Waals surface area contributed by atoms with Crippen molar-refractivity contribution in [2.75, 3.05) is 0 Å². The average Bonchev–Trinajstić information content (AvgIpc) is 2.14. The van der Waals surface area contributed by atoms with Crippen molar-refractivity contribution >= 4 is 10.4 Å². The zero-order chi connectivity index (χ0) is 10.6. The zero-order valence-corrected chi connectivity index (χ0v) is 10.8. The average molecular weight is 235 g/mol. The van der Waals surface area contributed by atoms with Gasteiger partial charge in [-0.25, -0.2) is 8.42 Å². The molecule has 1 aromatic carbocycles. The predicted octanol–water partition coefficient (Wildman–Crippen LogP) is -2.46. The molecule has 1 rings (SSSR count). The predicted molar refractivity (Wildman–Crippen MR) is 45.6 cm³/mol. The molecule has 0 aliphatic carbocycles. The van der Waals surface area contributed by atoms with Crippen LogP contribution >= 0.6 is 0 Å². The molecule has 0 atom stereocenters. The van der Waals surface area contributed by atoms with E-state index in [1.807, 2.05) is 6.07 Å². The first-order chi connectivity index (χ1) is 6.51. The minimum Gasteiger partial charge on any atom is -0.726 e. The second-order valence-corrected chi connectivity index (χ2v) is 3.53. The molecular weight excluding hydrogens is 229 g/mol. The maximum absolute atomic E-state index is 10.1. The smallest absolute Gasteiger partial charge is 0.726 e. The summed E-state index contributed by atoms with van der Waals surface area (Å²) in [6, 6.07) is 7.96. The Morgan fingerprint density at radius 1 is 1.33 bits per heavy atom. The maximum Gasteiger partial charge on any atom is 1.00 e. The molecule has 0 bridgehead atoms. The summed E-state index contributed by atoms with van der Waals surface area (Å²) in [6.07, 6.45) is 0. The van der Waals surface area contributed by atoms with Crippen LogP contribution in [0.1, 0.15) is 11.1 Å². The van der Waals surface area contributed by atoms with Gasteiger partial charge in [-0.15, -0.1) is 0 Å². The van der Waals surface area contributed by atoms with Gasteiger partial charge < -0.3 is 4.55 Å². The molecule has 1 aromatic rings. The molecule has 0 N–H and O–H groups in total. The van der Waals surface area contributed by atoms with E-state index in [0.29, 0.717) is 11.1 Å². The van der Waals surface area contributed by atoms with E-state index in [2.05, 4.69) is 4.18 Å². The first-order valence-electron chi connectivity index (χ1n) is 3.60. The van der Waals surface area contributed by atoms with Crippen LogP contribution in [0.15, 0.2) is 24.3 Å². The van der Waals surface area contributed by atoms with E-state index in [-0.39, 0.29) is 36.2 Å². The van der Waals surface area contributed by atoms with Gasteiger partial charge in [-0.3, -0.25) is 4.18 Å². The van der Waals surface area contributed by atoms with Crippen molar-refractivity contribution in [1.29, 1.82) is 5.26 Å². The van der Waals surface area contributed by atoms with Gasteiger partial charge in [0, 0.05) is 0 Å². The van der Waals surface area contributed by atoms with Crippen molar-refractivity contribution in [3.8, 4) is 6.07 Å². The van der Waals surface area contributed by atoms with Gasteiger partial charge in [0.25, 0.3) is 0 Å². The van der Waals surface area contributed by atoms with Crippen LogP contribution in [0.4, 0.5) is 0 Å². The number of nitrogens with zero attached hydrogens (tertiary/aromatic N) is 1. The third-order valence-electron chi connectivity index (χ3n) is 1.45. The van der Waals surface area contributed by atoms with Crippen LogP contribution in [0.3, 0.4) is 0 Å². The topological polar surface area (TPSA) is 90.2 Å². The Morgan fingerprint density at radius 3 is 2.27 bits per heavy atom. The summed E-state index contributed by atoms with van der Waals surface area (Å²) in [6.45, 7) is -0.308. The molecule has 5 nitrogen and oxygen atoms in total. The Kier molecular flexibility index (Phi) is 6.05. The molecule has 0 saturated heterocycles. The normalized spacial score (nSPS) is 10.1. The molecule has 0 spiro atoms. The van der Waals surface area contributed by atoms with E-state index in [4.69, 9.17) is 5.26 Å². The number of nitriles is 1. The molecule has 0 heterocycles. The van der Waals surface area contributed by atoms with Crippen LogP contribution in [0, 0.1) is 11.3 Å². The zero-order valence-electron chi connectivity index (χ0n) is 8.00. The second kappa shape index (κ2) is 6.23. The van der Waals surface area contributed by atoms with E-state index in [9.17, 15) is 13.0 Å². The van der Waals surface area contributed by atoms with Crippen LogP contribution in [0.2, 0.25) is 0 Å². The standard InChI is InChI=1S/C8H7NO4S.Na/c9-5-7-1-3-8(4-2-7)6-13-14(10,11)12;/h1-4H,6H2,(H,10,11,12);/q;+1/p-1. The van der Waals surface area contributed by atoms with Crippen molar-refractivity contribution in [3.63, 3.8) is 0 Å². The van der Waals surface area contributed by atoms with E-state index >= 15 is 0 Å². The Morgan fingerprint density at radius 2 is 1.87 bits per heavy atom. The summed E-state index contributed by atoms with van der Waals surface area (Å²) in [5.74, 6) is 0. The first kappa shape index (κ1) is 14.6. The first-order valence-corrected chi connectivity index (χ1v) is 4.94. The number of hydrogen-bond donors (Lipinski definition) is 0. The molecule has 0 radical (unpaired) electrons. The second-order valence-electron chi connectivity index (χ2n) is 2.48. The quantitative estimate of drug-likeness (QED) is 0.329. The van der Waals surface area contributed by atoms with Gasteiger partial charge in [0.2, 0.25) is 10.4 Å². The van der Waals surface area contributed by atoms with E-state index in [1.54, 1.807) is 0 Å². The molecule has 0 aromatic heterocycles. The molecule has 0 fully saturated rings. The SMILES string of the molecule is N#Cc1ccc(COS(=O)(=O)[O-])cc1.[Na+]. The summed E-state index contributed by atoms with van der Waals surface area (Å²) in [5.41, 5.74) is 0.974. The van der Waals surface area contributed by atoms with Crippen LogP contribution in [0.25, 0.3) is 0 Å². The van der Waals surface area contributed by atoms with Crippen molar-refractivity contribution in [2.24, 2.45) is 0 Å². The number of benzene rings is 1. The molecule has 74 valence electrons. The molecule has 0 aliphatic rings. The summed E-state index contributed by atoms with van der Waals surface area (Å²) in [4.78, 5) is 0. The molecule has 7 heteroatoms. The Bertz CT molecular complexity index is 449. The monoisotopic (exact) mass is 235 g/mol. The largest absolute Gasteiger partial charge is 1.00 e. The van der Waals surface area contributed by atoms with Gasteiger partial charge in [-0.05, 0) is 17.7 Å².